The van der Waals surface area contributed by atoms with Crippen LogP contribution >= 0.6 is 0 Å². The molecule has 5 heteroatoms. The molecule has 4 nitrogen and oxygen atoms in total. The van der Waals surface area contributed by atoms with Crippen LogP contribution in [0.5, 0.6) is 0 Å². The van der Waals surface area contributed by atoms with Crippen molar-refractivity contribution in [2.24, 2.45) is 0 Å². The summed E-state index contributed by atoms with van der Waals surface area (Å²) in [5, 5.41) is 0. The zero-order valence-electron chi connectivity index (χ0n) is 10.6. The number of hydrogen-bond acceptors (Lipinski definition) is 3. The van der Waals surface area contributed by atoms with E-state index in [9.17, 15) is 9.00 Å². The molecule has 1 rings (SSSR count). The molecule has 1 atom stereocenters. The van der Waals surface area contributed by atoms with E-state index in [1.54, 1.807) is 0 Å². The summed E-state index contributed by atoms with van der Waals surface area (Å²) in [5.41, 5.74) is 0.691. The molecule has 1 fully saturated rings. The summed E-state index contributed by atoms with van der Waals surface area (Å²) in [4.78, 5) is 11.4. The Bertz CT molecular complexity index is 309. The van der Waals surface area contributed by atoms with Gasteiger partial charge in [0.05, 0.1) is 30.0 Å². The zero-order valence-corrected chi connectivity index (χ0v) is 11.4. The van der Waals surface area contributed by atoms with E-state index in [1.165, 1.54) is 6.92 Å². The molecular weight excluding hydrogens is 238 g/mol. The van der Waals surface area contributed by atoms with Crippen LogP contribution in [0.1, 0.15) is 26.7 Å². The van der Waals surface area contributed by atoms with Crippen molar-refractivity contribution >= 4 is 16.8 Å². The van der Waals surface area contributed by atoms with Gasteiger partial charge in [0.25, 0.3) is 0 Å². The topological polar surface area (TPSA) is 46.6 Å². The number of ether oxygens (including phenoxy) is 1. The zero-order chi connectivity index (χ0) is 12.7. The summed E-state index contributed by atoms with van der Waals surface area (Å²) < 4.78 is 19.2. The molecule has 0 aromatic carbocycles. The predicted octanol–water partition coefficient (Wildman–Crippen LogP) is 1.30. The minimum absolute atomic E-state index is 0.0278. The van der Waals surface area contributed by atoms with Crippen molar-refractivity contribution in [3.63, 3.8) is 0 Å². The number of carbonyl (C=O) groups excluding carboxylic acids is 1. The van der Waals surface area contributed by atoms with Crippen molar-refractivity contribution in [2.45, 2.75) is 26.7 Å². The number of carbonyl (C=O) groups is 1. The Labute approximate surface area is 106 Å². The fourth-order valence-corrected chi connectivity index (χ4v) is 2.92. The number of Topliss-reactive ketones (excluding diaryl/α,β-unsaturated/α-hetero) is 1. The van der Waals surface area contributed by atoms with Crippen molar-refractivity contribution in [1.29, 1.82) is 0 Å². The molecule has 0 aromatic heterocycles. The van der Waals surface area contributed by atoms with Crippen molar-refractivity contribution < 1.29 is 13.7 Å². The van der Waals surface area contributed by atoms with E-state index in [0.717, 1.165) is 12.8 Å². The second-order valence-electron chi connectivity index (χ2n) is 4.08. The predicted molar refractivity (Wildman–Crippen MR) is 69.1 cm³/mol. The number of morpholine rings is 1. The molecule has 0 N–H and O–H groups in total. The smallest absolute Gasteiger partial charge is 0.156 e. The number of ketones is 1. The third-order valence-electron chi connectivity index (χ3n) is 2.67. The van der Waals surface area contributed by atoms with Crippen molar-refractivity contribution in [2.75, 3.05) is 32.1 Å². The van der Waals surface area contributed by atoms with Gasteiger partial charge in [-0.2, -0.15) is 0 Å². The highest BCUT2D eigenvalue weighted by atomic mass is 32.2. The molecule has 17 heavy (non-hydrogen) atoms. The van der Waals surface area contributed by atoms with Crippen LogP contribution in [0, 0.1) is 0 Å². The van der Waals surface area contributed by atoms with E-state index in [0.29, 0.717) is 37.6 Å². The molecule has 0 aromatic rings. The number of rotatable bonds is 6. The monoisotopic (exact) mass is 259 g/mol. The Morgan fingerprint density at radius 2 is 2.06 bits per heavy atom. The molecule has 0 radical (unpaired) electrons. The van der Waals surface area contributed by atoms with E-state index in [1.807, 2.05) is 10.4 Å². The van der Waals surface area contributed by atoms with Crippen LogP contribution in [-0.4, -0.2) is 46.4 Å². The van der Waals surface area contributed by atoms with E-state index < -0.39 is 11.0 Å². The van der Waals surface area contributed by atoms with Gasteiger partial charge in [-0.15, -0.1) is 0 Å². The summed E-state index contributed by atoms with van der Waals surface area (Å²) in [6, 6.07) is 0. The van der Waals surface area contributed by atoms with Gasteiger partial charge in [0.15, 0.2) is 5.78 Å². The maximum Gasteiger partial charge on any atom is 0.156 e. The third-order valence-corrected chi connectivity index (χ3v) is 4.17. The number of hydrogen-bond donors (Lipinski definition) is 0. The Morgan fingerprint density at radius 3 is 2.59 bits per heavy atom. The van der Waals surface area contributed by atoms with Crippen molar-refractivity contribution in [3.8, 4) is 0 Å². The van der Waals surface area contributed by atoms with E-state index >= 15 is 0 Å². The van der Waals surface area contributed by atoms with Gasteiger partial charge in [-0.05, 0) is 13.3 Å². The van der Waals surface area contributed by atoms with E-state index in [4.69, 9.17) is 4.74 Å². The highest BCUT2D eigenvalue weighted by molar-refractivity contribution is 7.82. The quantitative estimate of drug-likeness (QED) is 0.675. The van der Waals surface area contributed by atoms with Crippen LogP contribution in [0.15, 0.2) is 11.6 Å². The molecule has 0 aliphatic carbocycles. The fraction of sp³-hybridized carbons (Fsp3) is 0.750. The Balaban J connectivity index is 2.54. The number of unbranched alkanes of at least 4 members (excludes halogenated alkanes) is 1. The first-order valence-corrected chi connectivity index (χ1v) is 7.34. The summed E-state index contributed by atoms with van der Waals surface area (Å²) in [7, 11) is -1.10. The summed E-state index contributed by atoms with van der Waals surface area (Å²) in [6.45, 7) is 6.22. The second-order valence-corrected chi connectivity index (χ2v) is 5.53. The molecular formula is C12H21NO3S. The summed E-state index contributed by atoms with van der Waals surface area (Å²) >= 11 is 0. The van der Waals surface area contributed by atoms with Gasteiger partial charge >= 0.3 is 0 Å². The van der Waals surface area contributed by atoms with Crippen LogP contribution in [-0.2, 0) is 20.5 Å². The lowest BCUT2D eigenvalue weighted by Gasteiger charge is -2.25. The SMILES string of the molecule is CCC/C=C(\CS(=O)N1CCOCC1)C(C)=O. The molecule has 0 saturated carbocycles. The van der Waals surface area contributed by atoms with Gasteiger partial charge in [0, 0.05) is 18.7 Å². The first-order valence-electron chi connectivity index (χ1n) is 6.06. The van der Waals surface area contributed by atoms with Gasteiger partial charge < -0.3 is 4.74 Å². The maximum atomic E-state index is 12.1. The lowest BCUT2D eigenvalue weighted by molar-refractivity contribution is -0.113. The average molecular weight is 259 g/mol. The number of allylic oxidation sites excluding steroid dienone is 1. The first kappa shape index (κ1) is 14.5. The maximum absolute atomic E-state index is 12.1. The molecule has 98 valence electrons. The van der Waals surface area contributed by atoms with Crippen LogP contribution < -0.4 is 0 Å². The summed E-state index contributed by atoms with van der Waals surface area (Å²) in [6.07, 6.45) is 3.79. The Morgan fingerprint density at radius 1 is 1.41 bits per heavy atom. The molecule has 1 saturated heterocycles. The molecule has 1 aliphatic rings. The molecule has 0 bridgehead atoms. The van der Waals surface area contributed by atoms with Crippen LogP contribution in [0.4, 0.5) is 0 Å². The van der Waals surface area contributed by atoms with Crippen LogP contribution in [0.25, 0.3) is 0 Å². The first-order chi connectivity index (χ1) is 8.15. The largest absolute Gasteiger partial charge is 0.379 e. The van der Waals surface area contributed by atoms with Gasteiger partial charge in [0.1, 0.15) is 0 Å². The fourth-order valence-electron chi connectivity index (χ4n) is 1.60. The Hall–Kier alpha value is -0.520. The van der Waals surface area contributed by atoms with Gasteiger partial charge in [-0.3, -0.25) is 4.79 Å². The normalized spacial score (nSPS) is 20.2. The van der Waals surface area contributed by atoms with Crippen molar-refractivity contribution in [3.05, 3.63) is 11.6 Å². The lowest BCUT2D eigenvalue weighted by Crippen LogP contribution is -2.39. The van der Waals surface area contributed by atoms with Gasteiger partial charge in [0.2, 0.25) is 0 Å². The van der Waals surface area contributed by atoms with E-state index in [2.05, 4.69) is 6.92 Å². The van der Waals surface area contributed by atoms with Crippen LogP contribution in [0.3, 0.4) is 0 Å². The minimum Gasteiger partial charge on any atom is -0.379 e. The second kappa shape index (κ2) is 7.74. The number of nitrogens with zero attached hydrogens (tertiary/aromatic N) is 1. The molecule has 0 spiro atoms. The molecule has 0 amide bonds. The third kappa shape index (κ3) is 5.10. The van der Waals surface area contributed by atoms with Gasteiger partial charge in [-0.25, -0.2) is 8.51 Å². The van der Waals surface area contributed by atoms with Crippen molar-refractivity contribution in [1.82, 2.24) is 4.31 Å². The van der Waals surface area contributed by atoms with E-state index in [-0.39, 0.29) is 5.78 Å². The minimum atomic E-state index is -1.10. The lowest BCUT2D eigenvalue weighted by atomic mass is 10.1. The van der Waals surface area contributed by atoms with Crippen LogP contribution in [0.2, 0.25) is 0 Å². The van der Waals surface area contributed by atoms with Gasteiger partial charge in [-0.1, -0.05) is 19.4 Å². The molecule has 1 heterocycles. The molecule has 1 unspecified atom stereocenters. The highest BCUT2D eigenvalue weighted by Gasteiger charge is 2.18. The standard InChI is InChI=1S/C12H21NO3S/c1-3-4-5-12(11(2)14)10-17(15)13-6-8-16-9-7-13/h5H,3-4,6-10H2,1-2H3/b12-5+. The Kier molecular flexibility index (Phi) is 6.62. The highest BCUT2D eigenvalue weighted by Crippen LogP contribution is 2.08. The molecule has 1 aliphatic heterocycles. The average Bonchev–Trinajstić information content (AvgIpc) is 2.35. The summed E-state index contributed by atoms with van der Waals surface area (Å²) in [5.74, 6) is 0.370.